The van der Waals surface area contributed by atoms with Gasteiger partial charge in [-0.1, -0.05) is 77.0 Å². The number of hydrogen-bond donors (Lipinski definition) is 1. The zero-order valence-corrected chi connectivity index (χ0v) is 18.9. The number of unbranched alkanes of at least 4 members (excludes halogenated alkanes) is 7. The topological polar surface area (TPSA) is 40.0 Å². The maximum atomic E-state index is 11.7. The van der Waals surface area contributed by atoms with Crippen LogP contribution in [0.3, 0.4) is 0 Å². The molecule has 1 N–H and O–H groups in total. The molecule has 1 saturated carbocycles. The van der Waals surface area contributed by atoms with Crippen molar-refractivity contribution in [1.82, 2.24) is 0 Å². The first kappa shape index (κ1) is 25.4. The van der Waals surface area contributed by atoms with Gasteiger partial charge < -0.3 is 14.4 Å². The van der Waals surface area contributed by atoms with E-state index in [4.69, 9.17) is 9.47 Å². The average Bonchev–Trinajstić information content (AvgIpc) is 3.22. The Morgan fingerprint density at radius 3 is 2.07 bits per heavy atom. The minimum absolute atomic E-state index is 0.0649. The van der Waals surface area contributed by atoms with Gasteiger partial charge in [0, 0.05) is 6.42 Å². The Labute approximate surface area is 174 Å². The molecule has 1 aliphatic rings. The molecule has 0 heterocycles. The van der Waals surface area contributed by atoms with Gasteiger partial charge in [0.1, 0.15) is 13.2 Å². The van der Waals surface area contributed by atoms with Crippen LogP contribution < -0.4 is 4.90 Å². The normalized spacial score (nSPS) is 14.8. The van der Waals surface area contributed by atoms with Crippen molar-refractivity contribution in [2.75, 3.05) is 39.5 Å². The summed E-state index contributed by atoms with van der Waals surface area (Å²) in [6.45, 7) is 9.35. The van der Waals surface area contributed by atoms with Crippen LogP contribution in [0.5, 0.6) is 0 Å². The van der Waals surface area contributed by atoms with Crippen molar-refractivity contribution in [2.45, 2.75) is 104 Å². The van der Waals surface area contributed by atoms with E-state index in [1.807, 2.05) is 0 Å². The van der Waals surface area contributed by atoms with Crippen LogP contribution in [-0.4, -0.2) is 45.4 Å². The molecule has 0 spiro atoms. The lowest BCUT2D eigenvalue weighted by molar-refractivity contribution is -0.896. The summed E-state index contributed by atoms with van der Waals surface area (Å²) in [5, 5.41) is 0. The van der Waals surface area contributed by atoms with Crippen LogP contribution in [0.4, 0.5) is 0 Å². The SMILES string of the molecule is CC[NH+](CC)CCOCCOC(=O)CCCCCCCCCCC1CCCC1. The van der Waals surface area contributed by atoms with Gasteiger partial charge in [0.2, 0.25) is 0 Å². The molecule has 1 rings (SSSR count). The summed E-state index contributed by atoms with van der Waals surface area (Å²) in [4.78, 5) is 13.3. The van der Waals surface area contributed by atoms with Crippen LogP contribution in [0.15, 0.2) is 0 Å². The van der Waals surface area contributed by atoms with E-state index in [1.54, 1.807) is 4.90 Å². The minimum atomic E-state index is -0.0649. The number of nitrogens with one attached hydrogen (secondary N) is 1. The number of carbonyl (C=O) groups excluding carboxylic acids is 1. The Hall–Kier alpha value is -0.610. The number of likely N-dealkylation sites (N-methyl/N-ethyl adjacent to an activating group) is 1. The number of ether oxygens (including phenoxy) is 2. The van der Waals surface area contributed by atoms with E-state index in [-0.39, 0.29) is 5.97 Å². The Morgan fingerprint density at radius 2 is 1.43 bits per heavy atom. The van der Waals surface area contributed by atoms with E-state index in [9.17, 15) is 4.79 Å². The summed E-state index contributed by atoms with van der Waals surface area (Å²) in [5.41, 5.74) is 0. The van der Waals surface area contributed by atoms with Gasteiger partial charge in [-0.15, -0.1) is 0 Å². The molecule has 0 aromatic carbocycles. The van der Waals surface area contributed by atoms with Crippen molar-refractivity contribution < 1.29 is 19.2 Å². The molecule has 0 saturated heterocycles. The zero-order chi connectivity index (χ0) is 20.3. The molecule has 0 aromatic heterocycles. The third-order valence-corrected chi connectivity index (χ3v) is 6.31. The largest absolute Gasteiger partial charge is 0.463 e. The van der Waals surface area contributed by atoms with Gasteiger partial charge in [-0.2, -0.15) is 0 Å². The quantitative estimate of drug-likeness (QED) is 0.256. The molecule has 28 heavy (non-hydrogen) atoms. The Balaban J connectivity index is 1.75. The fourth-order valence-corrected chi connectivity index (χ4v) is 4.27. The molecule has 4 heteroatoms. The van der Waals surface area contributed by atoms with E-state index < -0.39 is 0 Å². The number of carbonyl (C=O) groups is 1. The molecule has 0 unspecified atom stereocenters. The van der Waals surface area contributed by atoms with Crippen LogP contribution in [0.1, 0.15) is 104 Å². The van der Waals surface area contributed by atoms with Crippen LogP contribution in [-0.2, 0) is 14.3 Å². The van der Waals surface area contributed by atoms with Gasteiger partial charge in [-0.3, -0.25) is 4.79 Å². The third-order valence-electron chi connectivity index (χ3n) is 6.31. The molecule has 1 fully saturated rings. The highest BCUT2D eigenvalue weighted by Crippen LogP contribution is 2.29. The Morgan fingerprint density at radius 1 is 0.821 bits per heavy atom. The summed E-state index contributed by atoms with van der Waals surface area (Å²) >= 11 is 0. The predicted octanol–water partition coefficient (Wildman–Crippen LogP) is 4.56. The van der Waals surface area contributed by atoms with Crippen molar-refractivity contribution >= 4 is 5.97 Å². The Kier molecular flexibility index (Phi) is 16.7. The van der Waals surface area contributed by atoms with Crippen LogP contribution in [0.25, 0.3) is 0 Å². The highest BCUT2D eigenvalue weighted by Gasteiger charge is 2.13. The average molecular weight is 399 g/mol. The zero-order valence-electron chi connectivity index (χ0n) is 18.9. The molecule has 0 atom stereocenters. The van der Waals surface area contributed by atoms with E-state index in [2.05, 4.69) is 13.8 Å². The van der Waals surface area contributed by atoms with Gasteiger partial charge in [-0.05, 0) is 26.2 Å². The van der Waals surface area contributed by atoms with Gasteiger partial charge in [-0.25, -0.2) is 0 Å². The summed E-state index contributed by atoms with van der Waals surface area (Å²) < 4.78 is 10.8. The summed E-state index contributed by atoms with van der Waals surface area (Å²) in [5.74, 6) is 0.990. The molecule has 0 bridgehead atoms. The first-order valence-corrected chi connectivity index (χ1v) is 12.3. The second-order valence-corrected chi connectivity index (χ2v) is 8.56. The van der Waals surface area contributed by atoms with Gasteiger partial charge in [0.15, 0.2) is 0 Å². The van der Waals surface area contributed by atoms with Gasteiger partial charge in [0.25, 0.3) is 0 Å². The molecule has 0 amide bonds. The van der Waals surface area contributed by atoms with Crippen molar-refractivity contribution in [3.8, 4) is 0 Å². The fraction of sp³-hybridized carbons (Fsp3) is 0.958. The molecule has 0 aliphatic heterocycles. The molecule has 4 nitrogen and oxygen atoms in total. The van der Waals surface area contributed by atoms with Crippen molar-refractivity contribution in [3.05, 3.63) is 0 Å². The molecule has 0 radical (unpaired) electrons. The molecule has 0 aromatic rings. The van der Waals surface area contributed by atoms with Crippen LogP contribution >= 0.6 is 0 Å². The van der Waals surface area contributed by atoms with Gasteiger partial charge in [0.05, 0.1) is 26.3 Å². The second kappa shape index (κ2) is 18.4. The number of hydrogen-bond acceptors (Lipinski definition) is 3. The lowest BCUT2D eigenvalue weighted by Gasteiger charge is -2.15. The highest BCUT2D eigenvalue weighted by molar-refractivity contribution is 5.69. The number of esters is 1. The fourth-order valence-electron chi connectivity index (χ4n) is 4.27. The van der Waals surface area contributed by atoms with Crippen LogP contribution in [0, 0.1) is 5.92 Å². The Bertz CT molecular complexity index is 352. The summed E-state index contributed by atoms with van der Waals surface area (Å²) in [6, 6.07) is 0. The van der Waals surface area contributed by atoms with Gasteiger partial charge >= 0.3 is 5.97 Å². The summed E-state index contributed by atoms with van der Waals surface area (Å²) in [7, 11) is 0. The van der Waals surface area contributed by atoms with E-state index in [0.29, 0.717) is 19.6 Å². The molecule has 166 valence electrons. The first-order chi connectivity index (χ1) is 13.8. The summed E-state index contributed by atoms with van der Waals surface area (Å²) in [6.07, 6.45) is 18.3. The lowest BCUT2D eigenvalue weighted by atomic mass is 9.99. The maximum Gasteiger partial charge on any atom is 0.305 e. The third kappa shape index (κ3) is 14.4. The lowest BCUT2D eigenvalue weighted by Crippen LogP contribution is -3.11. The van der Waals surface area contributed by atoms with Crippen molar-refractivity contribution in [3.63, 3.8) is 0 Å². The molecular formula is C24H48NO3+. The minimum Gasteiger partial charge on any atom is -0.463 e. The standard InChI is InChI=1S/C24H47NO3/c1-3-25(4-2)19-20-27-21-22-28-24(26)18-12-10-8-6-5-7-9-11-15-23-16-13-14-17-23/h23H,3-22H2,1-2H3/p+1. The van der Waals surface area contributed by atoms with E-state index in [0.717, 1.165) is 45.0 Å². The molecule has 1 aliphatic carbocycles. The first-order valence-electron chi connectivity index (χ1n) is 12.3. The monoisotopic (exact) mass is 398 g/mol. The number of quaternary nitrogens is 1. The maximum absolute atomic E-state index is 11.7. The van der Waals surface area contributed by atoms with Crippen molar-refractivity contribution in [2.24, 2.45) is 5.92 Å². The van der Waals surface area contributed by atoms with E-state index >= 15 is 0 Å². The van der Waals surface area contributed by atoms with E-state index in [1.165, 1.54) is 70.6 Å². The van der Waals surface area contributed by atoms with Crippen LogP contribution in [0.2, 0.25) is 0 Å². The predicted molar refractivity (Wildman–Crippen MR) is 117 cm³/mol. The smallest absolute Gasteiger partial charge is 0.305 e. The molecular weight excluding hydrogens is 350 g/mol. The number of rotatable bonds is 19. The highest BCUT2D eigenvalue weighted by atomic mass is 16.6. The van der Waals surface area contributed by atoms with Crippen molar-refractivity contribution in [1.29, 1.82) is 0 Å². The second-order valence-electron chi connectivity index (χ2n) is 8.56.